The molecule has 0 aromatic heterocycles. The summed E-state index contributed by atoms with van der Waals surface area (Å²) in [5.41, 5.74) is -1.12. The van der Waals surface area contributed by atoms with Crippen molar-refractivity contribution >= 4 is 11.7 Å². The van der Waals surface area contributed by atoms with E-state index in [-0.39, 0.29) is 12.1 Å². The molecule has 0 aliphatic heterocycles. The van der Waals surface area contributed by atoms with Crippen LogP contribution in [0.1, 0.15) is 22.3 Å². The molecule has 0 amide bonds. The molecule has 2 rings (SSSR count). The molecule has 28 heavy (non-hydrogen) atoms. The SMILES string of the molecule is C=CC(C/C(=N\OC(=O)c1c(F)c(F)c(F)c(F)c1F)c1ccccc1)OC. The van der Waals surface area contributed by atoms with Gasteiger partial charge in [-0.15, -0.1) is 6.58 Å². The van der Waals surface area contributed by atoms with Crippen LogP contribution >= 0.6 is 0 Å². The van der Waals surface area contributed by atoms with E-state index in [4.69, 9.17) is 4.74 Å². The average molecular weight is 399 g/mol. The summed E-state index contributed by atoms with van der Waals surface area (Å²) in [6.07, 6.45) is 0.977. The molecule has 0 fully saturated rings. The number of halogens is 5. The van der Waals surface area contributed by atoms with E-state index >= 15 is 0 Å². The predicted octanol–water partition coefficient (Wildman–Crippen LogP) is 4.53. The summed E-state index contributed by atoms with van der Waals surface area (Å²) in [4.78, 5) is 16.4. The van der Waals surface area contributed by atoms with Gasteiger partial charge in [0.25, 0.3) is 0 Å². The third-order valence-corrected chi connectivity index (χ3v) is 3.72. The Kier molecular flexibility index (Phi) is 7.00. The van der Waals surface area contributed by atoms with Gasteiger partial charge in [0.1, 0.15) is 5.56 Å². The van der Waals surface area contributed by atoms with Crippen molar-refractivity contribution in [1.29, 1.82) is 0 Å². The molecule has 4 nitrogen and oxygen atoms in total. The minimum Gasteiger partial charge on any atom is -0.377 e. The number of carbonyl (C=O) groups is 1. The Morgan fingerprint density at radius 3 is 2.07 bits per heavy atom. The lowest BCUT2D eigenvalue weighted by Crippen LogP contribution is -2.17. The van der Waals surface area contributed by atoms with Crippen molar-refractivity contribution in [1.82, 2.24) is 0 Å². The molecular formula is C19H14F5NO3. The van der Waals surface area contributed by atoms with E-state index in [9.17, 15) is 26.7 Å². The number of nitrogens with zero attached hydrogens (tertiary/aromatic N) is 1. The Bertz CT molecular complexity index is 887. The maximum atomic E-state index is 13.7. The van der Waals surface area contributed by atoms with Crippen molar-refractivity contribution < 1.29 is 36.3 Å². The maximum absolute atomic E-state index is 13.7. The highest BCUT2D eigenvalue weighted by atomic mass is 19.2. The van der Waals surface area contributed by atoms with Gasteiger partial charge in [-0.05, 0) is 5.56 Å². The fourth-order valence-electron chi connectivity index (χ4n) is 2.22. The summed E-state index contributed by atoms with van der Waals surface area (Å²) in [6.45, 7) is 3.57. The summed E-state index contributed by atoms with van der Waals surface area (Å²) in [5, 5.41) is 3.54. The minimum atomic E-state index is -2.38. The molecule has 0 heterocycles. The predicted molar refractivity (Wildman–Crippen MR) is 90.2 cm³/mol. The Hall–Kier alpha value is -3.07. The van der Waals surface area contributed by atoms with E-state index in [2.05, 4.69) is 16.6 Å². The first-order valence-electron chi connectivity index (χ1n) is 7.82. The topological polar surface area (TPSA) is 47.9 Å². The molecular weight excluding hydrogens is 385 g/mol. The lowest BCUT2D eigenvalue weighted by molar-refractivity contribution is 0.0498. The van der Waals surface area contributed by atoms with Gasteiger partial charge in [0.15, 0.2) is 23.3 Å². The quantitative estimate of drug-likeness (QED) is 0.131. The van der Waals surface area contributed by atoms with E-state index in [0.717, 1.165) is 0 Å². The highest BCUT2D eigenvalue weighted by molar-refractivity contribution is 6.01. The van der Waals surface area contributed by atoms with Crippen molar-refractivity contribution in [3.63, 3.8) is 0 Å². The molecule has 0 saturated carbocycles. The Balaban J connectivity index is 2.39. The highest BCUT2D eigenvalue weighted by Crippen LogP contribution is 2.24. The Morgan fingerprint density at radius 1 is 1.04 bits per heavy atom. The van der Waals surface area contributed by atoms with Crippen LogP contribution in [0.3, 0.4) is 0 Å². The maximum Gasteiger partial charge on any atom is 0.371 e. The van der Waals surface area contributed by atoms with Gasteiger partial charge >= 0.3 is 5.97 Å². The number of methoxy groups -OCH3 is 1. The van der Waals surface area contributed by atoms with Crippen LogP contribution < -0.4 is 0 Å². The molecule has 1 unspecified atom stereocenters. The van der Waals surface area contributed by atoms with Gasteiger partial charge in [-0.2, -0.15) is 0 Å². The molecule has 0 aliphatic rings. The summed E-state index contributed by atoms with van der Waals surface area (Å²) in [7, 11) is 1.40. The fraction of sp³-hybridized carbons (Fsp3) is 0.158. The van der Waals surface area contributed by atoms with E-state index in [1.807, 2.05) is 0 Å². The van der Waals surface area contributed by atoms with Gasteiger partial charge in [-0.25, -0.2) is 26.7 Å². The van der Waals surface area contributed by atoms with Crippen molar-refractivity contribution in [2.75, 3.05) is 7.11 Å². The number of oxime groups is 1. The number of carbonyl (C=O) groups excluding carboxylic acids is 1. The smallest absolute Gasteiger partial charge is 0.371 e. The zero-order valence-electron chi connectivity index (χ0n) is 14.5. The molecule has 0 radical (unpaired) electrons. The molecule has 1 atom stereocenters. The first kappa shape index (κ1) is 21.2. The lowest BCUT2D eigenvalue weighted by atomic mass is 10.0. The van der Waals surface area contributed by atoms with Crippen LogP contribution in [-0.4, -0.2) is 24.9 Å². The molecule has 2 aromatic rings. The number of benzene rings is 2. The highest BCUT2D eigenvalue weighted by Gasteiger charge is 2.31. The van der Waals surface area contributed by atoms with E-state index < -0.39 is 46.7 Å². The van der Waals surface area contributed by atoms with Gasteiger partial charge in [0, 0.05) is 13.5 Å². The summed E-state index contributed by atoms with van der Waals surface area (Å²) >= 11 is 0. The number of ether oxygens (including phenoxy) is 1. The molecule has 9 heteroatoms. The van der Waals surface area contributed by atoms with Crippen LogP contribution in [0.2, 0.25) is 0 Å². The average Bonchev–Trinajstić information content (AvgIpc) is 2.72. The molecule has 0 saturated heterocycles. The van der Waals surface area contributed by atoms with Crippen molar-refractivity contribution in [2.24, 2.45) is 5.16 Å². The Morgan fingerprint density at radius 2 is 1.57 bits per heavy atom. The largest absolute Gasteiger partial charge is 0.377 e. The van der Waals surface area contributed by atoms with E-state index in [1.165, 1.54) is 13.2 Å². The minimum absolute atomic E-state index is 0.0639. The molecule has 0 N–H and O–H groups in total. The van der Waals surface area contributed by atoms with Crippen LogP contribution in [0.15, 0.2) is 48.1 Å². The van der Waals surface area contributed by atoms with Crippen LogP contribution in [0.25, 0.3) is 0 Å². The molecule has 148 valence electrons. The van der Waals surface area contributed by atoms with Crippen molar-refractivity contribution in [3.05, 3.63) is 83.2 Å². The molecule has 0 aliphatic carbocycles. The van der Waals surface area contributed by atoms with Gasteiger partial charge < -0.3 is 9.57 Å². The Labute approximate surface area is 156 Å². The normalized spacial score (nSPS) is 12.6. The van der Waals surface area contributed by atoms with Gasteiger partial charge in [0.05, 0.1) is 11.8 Å². The fourth-order valence-corrected chi connectivity index (χ4v) is 2.22. The second-order valence-corrected chi connectivity index (χ2v) is 5.44. The standard InChI is InChI=1S/C19H14F5NO3/c1-3-11(27-2)9-12(10-7-5-4-6-8-10)25-28-19(26)13-14(20)16(22)18(24)17(23)15(13)21/h3-8,11H,1,9H2,2H3/b25-12+. The van der Waals surface area contributed by atoms with Crippen LogP contribution in [0.5, 0.6) is 0 Å². The third kappa shape index (κ3) is 4.42. The molecule has 0 bridgehead atoms. The molecule has 2 aromatic carbocycles. The van der Waals surface area contributed by atoms with Crippen molar-refractivity contribution in [3.8, 4) is 0 Å². The van der Waals surface area contributed by atoms with Crippen molar-refractivity contribution in [2.45, 2.75) is 12.5 Å². The number of hydrogen-bond acceptors (Lipinski definition) is 4. The van der Waals surface area contributed by atoms with Gasteiger partial charge in [-0.1, -0.05) is 41.6 Å². The van der Waals surface area contributed by atoms with Crippen LogP contribution in [0.4, 0.5) is 22.0 Å². The number of hydrogen-bond donors (Lipinski definition) is 0. The molecule has 0 spiro atoms. The first-order chi connectivity index (χ1) is 13.3. The van der Waals surface area contributed by atoms with Crippen LogP contribution in [-0.2, 0) is 9.57 Å². The summed E-state index contributed by atoms with van der Waals surface area (Å²) < 4.78 is 72.2. The van der Waals surface area contributed by atoms with Gasteiger partial charge in [-0.3, -0.25) is 0 Å². The van der Waals surface area contributed by atoms with Gasteiger partial charge in [0.2, 0.25) is 5.82 Å². The summed E-state index contributed by atoms with van der Waals surface area (Å²) in [6, 6.07) is 8.25. The van der Waals surface area contributed by atoms with E-state index in [0.29, 0.717) is 5.56 Å². The zero-order chi connectivity index (χ0) is 20.8. The second kappa shape index (κ2) is 9.23. The summed E-state index contributed by atoms with van der Waals surface area (Å²) in [5.74, 6) is -13.4. The second-order valence-electron chi connectivity index (χ2n) is 5.44. The first-order valence-corrected chi connectivity index (χ1v) is 7.82. The lowest BCUT2D eigenvalue weighted by Gasteiger charge is -2.12. The monoisotopic (exact) mass is 399 g/mol. The van der Waals surface area contributed by atoms with Crippen LogP contribution in [0, 0.1) is 29.1 Å². The van der Waals surface area contributed by atoms with E-state index in [1.54, 1.807) is 30.3 Å². The zero-order valence-corrected chi connectivity index (χ0v) is 14.5. The number of rotatable bonds is 7. The third-order valence-electron chi connectivity index (χ3n) is 3.72.